The van der Waals surface area contributed by atoms with E-state index in [-0.39, 0.29) is 26.6 Å². The first-order chi connectivity index (χ1) is 4.83. The average Bonchev–Trinajstić information content (AvgIpc) is 1.88. The zero-order valence-electron chi connectivity index (χ0n) is 6.05. The van der Waals surface area contributed by atoms with Crippen LogP contribution < -0.4 is 5.56 Å². The van der Waals surface area contributed by atoms with Crippen molar-refractivity contribution < 1.29 is 21.1 Å². The van der Waals surface area contributed by atoms with Crippen molar-refractivity contribution in [2.24, 2.45) is 0 Å². The summed E-state index contributed by atoms with van der Waals surface area (Å²) in [5, 5.41) is 0. The monoisotopic (exact) mass is 317 g/mol. The second kappa shape index (κ2) is 5.08. The molecule has 11 heavy (non-hydrogen) atoms. The Balaban J connectivity index is 0.000001000. The quantitative estimate of drug-likeness (QED) is 0.771. The van der Waals surface area contributed by atoms with Crippen LogP contribution in [0, 0.1) is 12.1 Å². The van der Waals surface area contributed by atoms with Gasteiger partial charge in [0.05, 0.1) is 0 Å². The van der Waals surface area contributed by atoms with Crippen LogP contribution in [0.5, 0.6) is 0 Å². The molecule has 0 aliphatic heterocycles. The second-order valence-corrected chi connectivity index (χ2v) is 1.82. The number of rotatable bonds is 1. The molecule has 1 aromatic rings. The van der Waals surface area contributed by atoms with Crippen molar-refractivity contribution in [3.63, 3.8) is 0 Å². The fourth-order valence-corrected chi connectivity index (χ4v) is 0.656. The van der Waals surface area contributed by atoms with Crippen LogP contribution in [-0.2, 0) is 21.1 Å². The molecule has 0 unspecified atom stereocenters. The van der Waals surface area contributed by atoms with Crippen LogP contribution in [0.25, 0.3) is 6.08 Å². The average molecular weight is 317 g/mol. The van der Waals surface area contributed by atoms with Gasteiger partial charge in [-0.05, 0) is 0 Å². The van der Waals surface area contributed by atoms with E-state index < -0.39 is 0 Å². The number of aromatic amines is 1. The number of H-pyrrole nitrogens is 1. The minimum Gasteiger partial charge on any atom is -0.354 e. The molecule has 3 heteroatoms. The largest absolute Gasteiger partial charge is 2.00 e. The number of allylic oxidation sites excluding steroid dienone is 1. The molecule has 1 rings (SSSR count). The van der Waals surface area contributed by atoms with Gasteiger partial charge in [0.25, 0.3) is 0 Å². The predicted octanol–water partition coefficient (Wildman–Crippen LogP) is 1.01. The van der Waals surface area contributed by atoms with E-state index in [9.17, 15) is 4.79 Å². The third kappa shape index (κ3) is 3.33. The number of pyridine rings is 1. The van der Waals surface area contributed by atoms with Crippen molar-refractivity contribution in [2.45, 2.75) is 6.92 Å². The first-order valence-corrected chi connectivity index (χ1v) is 2.94. The summed E-state index contributed by atoms with van der Waals surface area (Å²) in [6.07, 6.45) is 6.09. The molecule has 56 valence electrons. The SMILES string of the molecule is C[C-]=Cc1[c-]c(=O)[nH]cc1.[W+2]. The van der Waals surface area contributed by atoms with Crippen LogP contribution in [0.1, 0.15) is 12.5 Å². The molecule has 0 bridgehead atoms. The molecule has 1 heterocycles. The van der Waals surface area contributed by atoms with Crippen molar-refractivity contribution in [3.8, 4) is 0 Å². The van der Waals surface area contributed by atoms with Crippen LogP contribution in [0.2, 0.25) is 0 Å². The van der Waals surface area contributed by atoms with Crippen LogP contribution in [0.4, 0.5) is 0 Å². The van der Waals surface area contributed by atoms with Crippen molar-refractivity contribution in [1.29, 1.82) is 0 Å². The van der Waals surface area contributed by atoms with E-state index in [1.54, 1.807) is 25.3 Å². The molecule has 0 fully saturated rings. The molecule has 0 aliphatic carbocycles. The number of nitrogens with one attached hydrogen (secondary N) is 1. The summed E-state index contributed by atoms with van der Waals surface area (Å²) in [5.41, 5.74) is 0.551. The summed E-state index contributed by atoms with van der Waals surface area (Å²) in [5.74, 6) is 0. The van der Waals surface area contributed by atoms with Gasteiger partial charge in [-0.3, -0.25) is 4.79 Å². The van der Waals surface area contributed by atoms with Crippen LogP contribution in [-0.4, -0.2) is 4.98 Å². The topological polar surface area (TPSA) is 32.9 Å². The Hall–Kier alpha value is -0.622. The molecule has 0 radical (unpaired) electrons. The first kappa shape index (κ1) is 10.4. The van der Waals surface area contributed by atoms with Gasteiger partial charge in [0.2, 0.25) is 0 Å². The number of aromatic nitrogens is 1. The Kier molecular flexibility index (Phi) is 4.80. The summed E-state index contributed by atoms with van der Waals surface area (Å²) < 4.78 is 0. The Morgan fingerprint density at radius 1 is 1.73 bits per heavy atom. The van der Waals surface area contributed by atoms with Gasteiger partial charge in [-0.15, -0.1) is 6.92 Å². The molecule has 0 amide bonds. The summed E-state index contributed by atoms with van der Waals surface area (Å²) >= 11 is 0. The Labute approximate surface area is 79.6 Å². The maximum absolute atomic E-state index is 10.6. The Morgan fingerprint density at radius 2 is 2.45 bits per heavy atom. The maximum atomic E-state index is 10.6. The second-order valence-electron chi connectivity index (χ2n) is 1.82. The van der Waals surface area contributed by atoms with Gasteiger partial charge in [-0.25, -0.2) is 12.1 Å². The van der Waals surface area contributed by atoms with E-state index >= 15 is 0 Å². The molecule has 0 saturated heterocycles. The van der Waals surface area contributed by atoms with E-state index in [0.29, 0.717) is 0 Å². The van der Waals surface area contributed by atoms with Gasteiger partial charge in [0, 0.05) is 0 Å². The molecule has 0 spiro atoms. The summed E-state index contributed by atoms with van der Waals surface area (Å²) in [4.78, 5) is 13.1. The van der Waals surface area contributed by atoms with Crippen molar-refractivity contribution in [2.75, 3.05) is 0 Å². The van der Waals surface area contributed by atoms with Gasteiger partial charge in [-0.1, -0.05) is 6.20 Å². The minimum atomic E-state index is -0.205. The van der Waals surface area contributed by atoms with Gasteiger partial charge in [0.1, 0.15) is 0 Å². The summed E-state index contributed by atoms with van der Waals surface area (Å²) in [6, 6.07) is 4.34. The van der Waals surface area contributed by atoms with E-state index in [1.165, 1.54) is 0 Å². The molecule has 1 N–H and O–H groups in total. The molecule has 0 saturated carbocycles. The number of hydrogen-bond donors (Lipinski definition) is 1. The molecular weight excluding hydrogens is 310 g/mol. The normalized spacial score (nSPS) is 9.55. The molecule has 0 atom stereocenters. The van der Waals surface area contributed by atoms with Gasteiger partial charge in [-0.2, -0.15) is 0 Å². The zero-order chi connectivity index (χ0) is 7.40. The smallest absolute Gasteiger partial charge is 0.354 e. The Morgan fingerprint density at radius 3 is 3.00 bits per heavy atom. The molecular formula is C8H7NOW. The van der Waals surface area contributed by atoms with Crippen LogP contribution >= 0.6 is 0 Å². The zero-order valence-corrected chi connectivity index (χ0v) is 8.98. The fraction of sp³-hybridized carbons (Fsp3) is 0.125. The standard InChI is InChI=1S/C8H7NO.W/c1-2-3-7-4-5-9-8(10)6-7;/h3-5H,1H3,(H,9,10);/q-2;+2. The third-order valence-electron chi connectivity index (χ3n) is 1.04. The number of hydrogen-bond acceptors (Lipinski definition) is 1. The molecule has 2 nitrogen and oxygen atoms in total. The van der Waals surface area contributed by atoms with Crippen LogP contribution in [0.3, 0.4) is 0 Å². The van der Waals surface area contributed by atoms with Gasteiger partial charge >= 0.3 is 21.1 Å². The van der Waals surface area contributed by atoms with Crippen molar-refractivity contribution in [3.05, 3.63) is 40.3 Å². The predicted molar refractivity (Wildman–Crippen MR) is 39.3 cm³/mol. The van der Waals surface area contributed by atoms with E-state index in [1.807, 2.05) is 0 Å². The molecule has 0 aromatic carbocycles. The van der Waals surface area contributed by atoms with E-state index in [0.717, 1.165) is 5.56 Å². The minimum absolute atomic E-state index is 0. The fourth-order valence-electron chi connectivity index (χ4n) is 0.656. The first-order valence-electron chi connectivity index (χ1n) is 2.94. The third-order valence-corrected chi connectivity index (χ3v) is 1.04. The summed E-state index contributed by atoms with van der Waals surface area (Å²) in [6.45, 7) is 1.77. The molecule has 0 aliphatic rings. The Bertz CT molecular complexity index is 290. The molecule has 1 aromatic heterocycles. The van der Waals surface area contributed by atoms with Gasteiger partial charge in [0.15, 0.2) is 5.56 Å². The summed E-state index contributed by atoms with van der Waals surface area (Å²) in [7, 11) is 0. The van der Waals surface area contributed by atoms with E-state index in [2.05, 4.69) is 17.1 Å². The van der Waals surface area contributed by atoms with Crippen LogP contribution in [0.15, 0.2) is 17.1 Å². The van der Waals surface area contributed by atoms with Gasteiger partial charge < -0.3 is 22.7 Å². The van der Waals surface area contributed by atoms with Crippen molar-refractivity contribution in [1.82, 2.24) is 4.98 Å². The van der Waals surface area contributed by atoms with Crippen molar-refractivity contribution >= 4 is 6.08 Å². The maximum Gasteiger partial charge on any atom is 2.00 e. The van der Waals surface area contributed by atoms with E-state index in [4.69, 9.17) is 0 Å².